The number of nitrogens with one attached hydrogen (secondary N) is 2. The van der Waals surface area contributed by atoms with E-state index >= 15 is 0 Å². The molecule has 0 bridgehead atoms. The Labute approximate surface area is 153 Å². The van der Waals surface area contributed by atoms with Gasteiger partial charge in [0.15, 0.2) is 5.96 Å². The Morgan fingerprint density at radius 1 is 1.20 bits per heavy atom. The van der Waals surface area contributed by atoms with Gasteiger partial charge in [0, 0.05) is 23.7 Å². The van der Waals surface area contributed by atoms with Gasteiger partial charge < -0.3 is 20.5 Å². The van der Waals surface area contributed by atoms with E-state index in [1.807, 2.05) is 49.4 Å². The number of halogens is 1. The van der Waals surface area contributed by atoms with E-state index in [0.717, 1.165) is 17.9 Å². The van der Waals surface area contributed by atoms with Crippen LogP contribution >= 0.6 is 11.6 Å². The summed E-state index contributed by atoms with van der Waals surface area (Å²) in [6.07, 6.45) is -0.714. The van der Waals surface area contributed by atoms with E-state index in [-0.39, 0.29) is 0 Å². The van der Waals surface area contributed by atoms with E-state index in [0.29, 0.717) is 29.6 Å². The van der Waals surface area contributed by atoms with Crippen LogP contribution in [0.15, 0.2) is 53.5 Å². The van der Waals surface area contributed by atoms with E-state index in [9.17, 15) is 5.11 Å². The molecule has 2 aromatic carbocycles. The minimum atomic E-state index is -0.714. The first-order chi connectivity index (χ1) is 12.1. The van der Waals surface area contributed by atoms with Crippen LogP contribution in [0.2, 0.25) is 5.02 Å². The smallest absolute Gasteiger partial charge is 0.191 e. The molecule has 0 saturated heterocycles. The van der Waals surface area contributed by atoms with Gasteiger partial charge in [0.2, 0.25) is 0 Å². The van der Waals surface area contributed by atoms with Gasteiger partial charge in [-0.2, -0.15) is 0 Å². The van der Waals surface area contributed by atoms with Gasteiger partial charge in [0.05, 0.1) is 19.8 Å². The average molecular weight is 362 g/mol. The molecule has 6 heteroatoms. The van der Waals surface area contributed by atoms with Crippen LogP contribution < -0.4 is 15.4 Å². The molecule has 0 aliphatic rings. The summed E-state index contributed by atoms with van der Waals surface area (Å²) in [6.45, 7) is 3.54. The highest BCUT2D eigenvalue weighted by molar-refractivity contribution is 6.31. The molecule has 0 fully saturated rings. The Balaban J connectivity index is 1.98. The molecular weight excluding hydrogens is 338 g/mol. The number of benzene rings is 2. The molecule has 1 unspecified atom stereocenters. The minimum Gasteiger partial charge on any atom is -0.497 e. The monoisotopic (exact) mass is 361 g/mol. The van der Waals surface area contributed by atoms with Crippen LogP contribution in [0.1, 0.15) is 24.2 Å². The Hall–Kier alpha value is -2.24. The third-order valence-electron chi connectivity index (χ3n) is 3.63. The molecule has 0 aromatic heterocycles. The zero-order chi connectivity index (χ0) is 18.1. The predicted octanol–water partition coefficient (Wildman–Crippen LogP) is 3.14. The summed E-state index contributed by atoms with van der Waals surface area (Å²) in [5.74, 6) is 1.44. The molecule has 2 rings (SSSR count). The molecule has 134 valence electrons. The quantitative estimate of drug-likeness (QED) is 0.523. The molecule has 3 N–H and O–H groups in total. The van der Waals surface area contributed by atoms with Gasteiger partial charge in [0.25, 0.3) is 0 Å². The fourth-order valence-electron chi connectivity index (χ4n) is 2.33. The predicted molar refractivity (Wildman–Crippen MR) is 102 cm³/mol. The van der Waals surface area contributed by atoms with E-state index in [1.165, 1.54) is 0 Å². The Bertz CT molecular complexity index is 707. The van der Waals surface area contributed by atoms with E-state index in [2.05, 4.69) is 15.6 Å². The molecule has 0 heterocycles. The van der Waals surface area contributed by atoms with Crippen molar-refractivity contribution in [3.8, 4) is 5.75 Å². The van der Waals surface area contributed by atoms with Gasteiger partial charge >= 0.3 is 0 Å². The van der Waals surface area contributed by atoms with E-state index in [4.69, 9.17) is 16.3 Å². The lowest BCUT2D eigenvalue weighted by atomic mass is 10.1. The number of aliphatic imine (C=N–C) groups is 1. The van der Waals surface area contributed by atoms with Crippen molar-refractivity contribution < 1.29 is 9.84 Å². The highest BCUT2D eigenvalue weighted by atomic mass is 35.5. The van der Waals surface area contributed by atoms with Crippen LogP contribution in [0.4, 0.5) is 0 Å². The van der Waals surface area contributed by atoms with Gasteiger partial charge in [-0.15, -0.1) is 0 Å². The number of ether oxygens (including phenoxy) is 1. The van der Waals surface area contributed by atoms with Gasteiger partial charge in [-0.25, -0.2) is 4.99 Å². The molecule has 1 atom stereocenters. The van der Waals surface area contributed by atoms with Crippen LogP contribution in [-0.2, 0) is 6.54 Å². The number of aliphatic hydroxyl groups is 1. The van der Waals surface area contributed by atoms with Crippen LogP contribution in [0.25, 0.3) is 0 Å². The highest BCUT2D eigenvalue weighted by Crippen LogP contribution is 2.21. The van der Waals surface area contributed by atoms with Gasteiger partial charge in [0.1, 0.15) is 5.75 Å². The molecule has 0 radical (unpaired) electrons. The second kappa shape index (κ2) is 9.91. The summed E-state index contributed by atoms with van der Waals surface area (Å²) in [6, 6.07) is 15.1. The molecular formula is C19H24ClN3O2. The topological polar surface area (TPSA) is 65.9 Å². The van der Waals surface area contributed by atoms with Crippen molar-refractivity contribution in [2.75, 3.05) is 20.2 Å². The summed E-state index contributed by atoms with van der Waals surface area (Å²) in [5.41, 5.74) is 1.74. The summed E-state index contributed by atoms with van der Waals surface area (Å²) in [7, 11) is 1.64. The van der Waals surface area contributed by atoms with Crippen LogP contribution in [0.5, 0.6) is 5.75 Å². The van der Waals surface area contributed by atoms with Crippen molar-refractivity contribution >= 4 is 17.6 Å². The van der Waals surface area contributed by atoms with Gasteiger partial charge in [-0.05, 0) is 30.7 Å². The second-order valence-electron chi connectivity index (χ2n) is 5.46. The number of nitrogens with zero attached hydrogens (tertiary/aromatic N) is 1. The normalized spacial score (nSPS) is 12.6. The lowest BCUT2D eigenvalue weighted by molar-refractivity contribution is 0.181. The van der Waals surface area contributed by atoms with Crippen LogP contribution in [-0.4, -0.2) is 31.3 Å². The zero-order valence-electron chi connectivity index (χ0n) is 14.5. The molecule has 0 spiro atoms. The maximum Gasteiger partial charge on any atom is 0.191 e. The first-order valence-corrected chi connectivity index (χ1v) is 8.59. The third-order valence-corrected chi connectivity index (χ3v) is 3.97. The fourth-order valence-corrected chi connectivity index (χ4v) is 2.59. The molecule has 5 nitrogen and oxygen atoms in total. The van der Waals surface area contributed by atoms with Crippen molar-refractivity contribution in [2.45, 2.75) is 19.6 Å². The maximum absolute atomic E-state index is 10.3. The fraction of sp³-hybridized carbons (Fsp3) is 0.316. The Kier molecular flexibility index (Phi) is 7.57. The summed E-state index contributed by atoms with van der Waals surface area (Å²) in [5, 5.41) is 17.2. The number of aliphatic hydroxyl groups excluding tert-OH is 1. The van der Waals surface area contributed by atoms with Crippen LogP contribution in [0, 0.1) is 0 Å². The first-order valence-electron chi connectivity index (χ1n) is 8.21. The number of methoxy groups -OCH3 is 1. The molecule has 0 amide bonds. The standard InChI is InChI=1S/C19H24ClN3O2/c1-3-21-19(22-12-14-7-6-8-15(11-14)25-2)23-13-18(24)16-9-4-5-10-17(16)20/h4-11,18,24H,3,12-13H2,1-2H3,(H2,21,22,23). The van der Waals surface area contributed by atoms with E-state index in [1.54, 1.807) is 13.2 Å². The molecule has 2 aromatic rings. The average Bonchev–Trinajstić information content (AvgIpc) is 2.64. The van der Waals surface area contributed by atoms with Crippen molar-refractivity contribution in [1.82, 2.24) is 10.6 Å². The maximum atomic E-state index is 10.3. The Morgan fingerprint density at radius 3 is 2.72 bits per heavy atom. The van der Waals surface area contributed by atoms with Crippen molar-refractivity contribution in [3.63, 3.8) is 0 Å². The third kappa shape index (κ3) is 5.96. The number of hydrogen-bond acceptors (Lipinski definition) is 3. The SMILES string of the molecule is CCNC(=NCc1cccc(OC)c1)NCC(O)c1ccccc1Cl. The number of rotatable bonds is 7. The number of hydrogen-bond donors (Lipinski definition) is 3. The molecule has 0 aliphatic carbocycles. The second-order valence-corrected chi connectivity index (χ2v) is 5.87. The summed E-state index contributed by atoms with van der Waals surface area (Å²) in [4.78, 5) is 4.54. The van der Waals surface area contributed by atoms with Gasteiger partial charge in [-0.3, -0.25) is 0 Å². The Morgan fingerprint density at radius 2 is 2.00 bits per heavy atom. The lowest BCUT2D eigenvalue weighted by Crippen LogP contribution is -2.39. The zero-order valence-corrected chi connectivity index (χ0v) is 15.3. The summed E-state index contributed by atoms with van der Waals surface area (Å²) >= 11 is 6.12. The van der Waals surface area contributed by atoms with E-state index < -0.39 is 6.10 Å². The number of guanidine groups is 1. The minimum absolute atomic E-state index is 0.313. The first kappa shape index (κ1) is 19.1. The molecule has 0 aliphatic heterocycles. The van der Waals surface area contributed by atoms with Gasteiger partial charge in [-0.1, -0.05) is 41.9 Å². The highest BCUT2D eigenvalue weighted by Gasteiger charge is 2.11. The largest absolute Gasteiger partial charge is 0.497 e. The van der Waals surface area contributed by atoms with Crippen molar-refractivity contribution in [3.05, 3.63) is 64.7 Å². The van der Waals surface area contributed by atoms with Crippen LogP contribution in [0.3, 0.4) is 0 Å². The lowest BCUT2D eigenvalue weighted by Gasteiger charge is -2.16. The molecule has 25 heavy (non-hydrogen) atoms. The summed E-state index contributed by atoms with van der Waals surface area (Å²) < 4.78 is 5.22. The van der Waals surface area contributed by atoms with Crippen molar-refractivity contribution in [2.24, 2.45) is 4.99 Å². The molecule has 0 saturated carbocycles. The van der Waals surface area contributed by atoms with Crippen molar-refractivity contribution in [1.29, 1.82) is 0 Å².